The lowest BCUT2D eigenvalue weighted by molar-refractivity contribution is -0.142. The Balaban J connectivity index is 2.57. The highest BCUT2D eigenvalue weighted by molar-refractivity contribution is 5.85. The van der Waals surface area contributed by atoms with Crippen LogP contribution in [0.1, 0.15) is 40.5 Å². The molecule has 14 heteroatoms. The first-order valence-electron chi connectivity index (χ1n) is 14.8. The molecule has 0 radical (unpaired) electrons. The highest BCUT2D eigenvalue weighted by Crippen LogP contribution is 2.06. The van der Waals surface area contributed by atoms with Gasteiger partial charge in [-0.15, -0.1) is 0 Å². The molecule has 2 amide bonds. The smallest absolute Gasteiger partial charge is 0.326 e. The molecule has 1 aliphatic rings. The van der Waals surface area contributed by atoms with E-state index in [1.165, 1.54) is 0 Å². The number of carbonyl (C=O) groups is 4. The summed E-state index contributed by atoms with van der Waals surface area (Å²) in [5.74, 6) is -2.58. The summed E-state index contributed by atoms with van der Waals surface area (Å²) in [6, 6.07) is -1.87. The highest BCUT2D eigenvalue weighted by atomic mass is 16.5. The van der Waals surface area contributed by atoms with Crippen molar-refractivity contribution in [2.24, 2.45) is 11.8 Å². The van der Waals surface area contributed by atoms with Crippen molar-refractivity contribution in [2.75, 3.05) is 92.1 Å². The number of ether oxygens (including phenoxy) is 4. The van der Waals surface area contributed by atoms with E-state index >= 15 is 0 Å². The molecule has 1 rings (SSSR count). The van der Waals surface area contributed by atoms with Crippen LogP contribution in [0, 0.1) is 11.8 Å². The molecule has 1 fully saturated rings. The van der Waals surface area contributed by atoms with E-state index in [0.717, 1.165) is 0 Å². The van der Waals surface area contributed by atoms with Gasteiger partial charge in [0.1, 0.15) is 12.1 Å². The van der Waals surface area contributed by atoms with Crippen LogP contribution in [0.15, 0.2) is 0 Å². The summed E-state index contributed by atoms with van der Waals surface area (Å²) < 4.78 is 22.7. The third-order valence-electron chi connectivity index (χ3n) is 6.37. The van der Waals surface area contributed by atoms with Crippen LogP contribution in [-0.2, 0) is 38.1 Å². The average molecular weight is 605 g/mol. The second-order valence-electron chi connectivity index (χ2n) is 11.2. The van der Waals surface area contributed by atoms with Crippen molar-refractivity contribution in [3.05, 3.63) is 0 Å². The van der Waals surface area contributed by atoms with Gasteiger partial charge in [-0.2, -0.15) is 0 Å². The normalized spacial score (nSPS) is 19.4. The summed E-state index contributed by atoms with van der Waals surface area (Å²) in [5, 5.41) is 24.0. The Labute approximate surface area is 249 Å². The number of hydrogen-bond donors (Lipinski definition) is 4. The van der Waals surface area contributed by atoms with E-state index in [4.69, 9.17) is 18.9 Å². The summed E-state index contributed by atoms with van der Waals surface area (Å²) in [7, 11) is 0. The molecule has 4 N–H and O–H groups in total. The van der Waals surface area contributed by atoms with E-state index in [1.54, 1.807) is 0 Å². The molecule has 42 heavy (non-hydrogen) atoms. The van der Waals surface area contributed by atoms with Gasteiger partial charge in [0, 0.05) is 26.2 Å². The molecule has 0 bridgehead atoms. The zero-order chi connectivity index (χ0) is 31.3. The monoisotopic (exact) mass is 604 g/mol. The third-order valence-corrected chi connectivity index (χ3v) is 6.37. The van der Waals surface area contributed by atoms with Gasteiger partial charge in [0.2, 0.25) is 11.8 Å². The highest BCUT2D eigenvalue weighted by Gasteiger charge is 2.23. The zero-order valence-corrected chi connectivity index (χ0v) is 25.7. The van der Waals surface area contributed by atoms with Crippen molar-refractivity contribution in [2.45, 2.75) is 52.6 Å². The fourth-order valence-corrected chi connectivity index (χ4v) is 4.23. The molecule has 1 aliphatic heterocycles. The number of rotatable bonds is 12. The maximum Gasteiger partial charge on any atom is 0.326 e. The van der Waals surface area contributed by atoms with Crippen molar-refractivity contribution < 1.29 is 48.3 Å². The van der Waals surface area contributed by atoms with Gasteiger partial charge in [-0.25, -0.2) is 9.59 Å². The maximum atomic E-state index is 12.6. The molecule has 0 aromatic rings. The van der Waals surface area contributed by atoms with Gasteiger partial charge in [-0.1, -0.05) is 27.7 Å². The van der Waals surface area contributed by atoms with Gasteiger partial charge in [-0.3, -0.25) is 19.4 Å². The van der Waals surface area contributed by atoms with Crippen LogP contribution in [0.5, 0.6) is 0 Å². The lowest BCUT2D eigenvalue weighted by Crippen LogP contribution is -2.47. The number of aliphatic carboxylic acids is 2. The summed E-state index contributed by atoms with van der Waals surface area (Å²) in [6.45, 7) is 12.2. The van der Waals surface area contributed by atoms with Gasteiger partial charge in [0.15, 0.2) is 0 Å². The molecule has 0 unspecified atom stereocenters. The lowest BCUT2D eigenvalue weighted by Gasteiger charge is -2.24. The molecule has 0 saturated carbocycles. The Morgan fingerprint density at radius 1 is 0.571 bits per heavy atom. The Morgan fingerprint density at radius 2 is 0.857 bits per heavy atom. The van der Waals surface area contributed by atoms with Crippen molar-refractivity contribution in [3.8, 4) is 0 Å². The van der Waals surface area contributed by atoms with Gasteiger partial charge >= 0.3 is 11.9 Å². The standard InChI is InChI=1S/C28H52N4O10/c1-21(2)17-23(27(35)36)29-25(33)19-31-5-9-39-13-15-41-11-7-32(8-12-42-16-14-40-10-6-31)20-26(34)30-24(28(37)38)18-22(3)4/h21-24H,5-20H2,1-4H3,(H,29,33)(H,30,34)(H,35,36)(H,37,38)/t23-,24+. The quantitative estimate of drug-likeness (QED) is 0.233. The van der Waals surface area contributed by atoms with Crippen molar-refractivity contribution >= 4 is 23.8 Å². The van der Waals surface area contributed by atoms with Crippen LogP contribution in [0.4, 0.5) is 0 Å². The lowest BCUT2D eigenvalue weighted by atomic mass is 10.0. The van der Waals surface area contributed by atoms with Gasteiger partial charge in [-0.05, 0) is 24.7 Å². The molecule has 244 valence electrons. The first-order chi connectivity index (χ1) is 20.0. The van der Waals surface area contributed by atoms with Crippen molar-refractivity contribution in [1.82, 2.24) is 20.4 Å². The maximum absolute atomic E-state index is 12.6. The number of carboxylic acids is 2. The Morgan fingerprint density at radius 3 is 1.10 bits per heavy atom. The number of carbonyl (C=O) groups excluding carboxylic acids is 2. The Kier molecular flexibility index (Phi) is 19.9. The van der Waals surface area contributed by atoms with Crippen molar-refractivity contribution in [3.63, 3.8) is 0 Å². The van der Waals surface area contributed by atoms with Crippen LogP contribution in [0.3, 0.4) is 0 Å². The van der Waals surface area contributed by atoms with Gasteiger partial charge < -0.3 is 39.8 Å². The summed E-state index contributed by atoms with van der Waals surface area (Å²) in [4.78, 5) is 51.8. The number of nitrogens with one attached hydrogen (secondary N) is 2. The predicted octanol–water partition coefficient (Wildman–Crippen LogP) is -0.0986. The van der Waals surface area contributed by atoms with E-state index in [1.807, 2.05) is 37.5 Å². The Bertz CT molecular complexity index is 715. The molecule has 14 nitrogen and oxygen atoms in total. The minimum Gasteiger partial charge on any atom is -0.480 e. The van der Waals surface area contributed by atoms with E-state index in [-0.39, 0.29) is 36.7 Å². The molecule has 0 aromatic heterocycles. The van der Waals surface area contributed by atoms with Gasteiger partial charge in [0.05, 0.1) is 65.9 Å². The van der Waals surface area contributed by atoms with Crippen LogP contribution < -0.4 is 10.6 Å². The summed E-state index contributed by atoms with van der Waals surface area (Å²) >= 11 is 0. The van der Waals surface area contributed by atoms with E-state index < -0.39 is 24.0 Å². The molecular weight excluding hydrogens is 552 g/mol. The predicted molar refractivity (Wildman–Crippen MR) is 154 cm³/mol. The van der Waals surface area contributed by atoms with Crippen molar-refractivity contribution in [1.29, 1.82) is 0 Å². The summed E-state index contributed by atoms with van der Waals surface area (Å²) in [6.07, 6.45) is 0.698. The number of hydrogen-bond acceptors (Lipinski definition) is 10. The fourth-order valence-electron chi connectivity index (χ4n) is 4.23. The number of amides is 2. The molecule has 1 heterocycles. The molecule has 1 saturated heterocycles. The first kappa shape index (κ1) is 37.7. The molecule has 0 aromatic carbocycles. The number of carboxylic acid groups (broad SMARTS) is 2. The average Bonchev–Trinajstić information content (AvgIpc) is 2.89. The van der Waals surface area contributed by atoms with Crippen LogP contribution in [0.2, 0.25) is 0 Å². The number of nitrogens with zero attached hydrogens (tertiary/aromatic N) is 2. The van der Waals surface area contributed by atoms with Crippen LogP contribution >= 0.6 is 0 Å². The molecular formula is C28H52N4O10. The topological polar surface area (TPSA) is 176 Å². The molecule has 2 atom stereocenters. The van der Waals surface area contributed by atoms with Gasteiger partial charge in [0.25, 0.3) is 0 Å². The first-order valence-corrected chi connectivity index (χ1v) is 14.8. The Hall–Kier alpha value is -2.36. The molecule has 0 spiro atoms. The third kappa shape index (κ3) is 18.9. The van der Waals surface area contributed by atoms with Crippen LogP contribution in [-0.4, -0.2) is 148 Å². The minimum absolute atomic E-state index is 0.0235. The van der Waals surface area contributed by atoms with Crippen LogP contribution in [0.25, 0.3) is 0 Å². The van der Waals surface area contributed by atoms with E-state index in [9.17, 15) is 29.4 Å². The largest absolute Gasteiger partial charge is 0.480 e. The summed E-state index contributed by atoms with van der Waals surface area (Å²) in [5.41, 5.74) is 0. The van der Waals surface area contributed by atoms with E-state index in [0.29, 0.717) is 91.9 Å². The fraction of sp³-hybridized carbons (Fsp3) is 0.857. The minimum atomic E-state index is -1.05. The van der Waals surface area contributed by atoms with E-state index in [2.05, 4.69) is 10.6 Å². The molecule has 0 aliphatic carbocycles. The zero-order valence-electron chi connectivity index (χ0n) is 25.7. The second kappa shape index (κ2) is 22.2. The second-order valence-corrected chi connectivity index (χ2v) is 11.2. The SMILES string of the molecule is CC(C)C[C@H](NC(=O)CN1CCOCCOCCN(CC(=O)N[C@H](CC(C)C)C(=O)O)CCOCCOCC1)C(=O)O.